The molecular formula is C27H39NO4S. The summed E-state index contributed by atoms with van der Waals surface area (Å²) in [5, 5.41) is 21.6. The number of nitrogens with zero attached hydrogens (tertiary/aromatic N) is 1. The zero-order valence-electron chi connectivity index (χ0n) is 20.4. The van der Waals surface area contributed by atoms with Crippen LogP contribution in [0.25, 0.3) is 0 Å². The molecule has 0 saturated carbocycles. The standard InChI is InChI=1S/C27H39NO4S/c1-5-7-15-27(16-8-6-2)19-33(31,32)24-14-13-22(28(3)4)17-23(24)25(26(27)30)21-11-9-20(18-29)10-12-21/h9-14,17,25-26,29-30H,5-8,15-16,18-19H2,1-4H3. The third kappa shape index (κ3) is 5.28. The van der Waals surface area contributed by atoms with Crippen LogP contribution in [0.2, 0.25) is 0 Å². The second-order valence-electron chi connectivity index (χ2n) is 9.77. The first-order chi connectivity index (χ1) is 15.7. The molecule has 5 nitrogen and oxygen atoms in total. The van der Waals surface area contributed by atoms with Crippen LogP contribution >= 0.6 is 0 Å². The molecule has 1 aliphatic heterocycles. The van der Waals surface area contributed by atoms with Gasteiger partial charge in [-0.15, -0.1) is 0 Å². The molecule has 2 N–H and O–H groups in total. The summed E-state index contributed by atoms with van der Waals surface area (Å²) in [5.41, 5.74) is 2.54. The van der Waals surface area contributed by atoms with Crippen molar-refractivity contribution in [3.05, 3.63) is 59.2 Å². The van der Waals surface area contributed by atoms with Gasteiger partial charge in [-0.25, -0.2) is 8.42 Å². The molecular weight excluding hydrogens is 434 g/mol. The van der Waals surface area contributed by atoms with E-state index in [0.717, 1.165) is 42.5 Å². The van der Waals surface area contributed by atoms with Crippen molar-refractivity contribution >= 4 is 15.5 Å². The van der Waals surface area contributed by atoms with Crippen LogP contribution < -0.4 is 4.90 Å². The molecule has 2 aromatic carbocycles. The van der Waals surface area contributed by atoms with Gasteiger partial charge in [0.25, 0.3) is 0 Å². The number of anilines is 1. The zero-order chi connectivity index (χ0) is 24.2. The van der Waals surface area contributed by atoms with Crippen molar-refractivity contribution in [2.75, 3.05) is 24.7 Å². The first-order valence-electron chi connectivity index (χ1n) is 12.1. The van der Waals surface area contributed by atoms with E-state index in [1.165, 1.54) is 0 Å². The number of sulfone groups is 1. The average Bonchev–Trinajstić information content (AvgIpc) is 2.87. The molecule has 0 bridgehead atoms. The summed E-state index contributed by atoms with van der Waals surface area (Å²) in [6.45, 7) is 4.16. The third-order valence-electron chi connectivity index (χ3n) is 7.18. The van der Waals surface area contributed by atoms with Gasteiger partial charge in [-0.3, -0.25) is 0 Å². The minimum atomic E-state index is -3.59. The number of benzene rings is 2. The highest BCUT2D eigenvalue weighted by Gasteiger charge is 2.49. The molecule has 0 radical (unpaired) electrons. The Balaban J connectivity index is 2.29. The van der Waals surface area contributed by atoms with Crippen LogP contribution in [0, 0.1) is 5.41 Å². The smallest absolute Gasteiger partial charge is 0.179 e. The van der Waals surface area contributed by atoms with Gasteiger partial charge >= 0.3 is 0 Å². The second kappa shape index (κ2) is 10.6. The van der Waals surface area contributed by atoms with Crippen molar-refractivity contribution in [2.45, 2.75) is 75.9 Å². The van der Waals surface area contributed by atoms with E-state index in [1.54, 1.807) is 6.07 Å². The summed E-state index contributed by atoms with van der Waals surface area (Å²) in [6.07, 6.45) is 4.21. The quantitative estimate of drug-likeness (QED) is 0.542. The number of hydrogen-bond acceptors (Lipinski definition) is 5. The Morgan fingerprint density at radius 3 is 2.12 bits per heavy atom. The molecule has 182 valence electrons. The van der Waals surface area contributed by atoms with Crippen LogP contribution in [0.3, 0.4) is 0 Å². The lowest BCUT2D eigenvalue weighted by atomic mass is 9.68. The molecule has 1 aliphatic rings. The van der Waals surface area contributed by atoms with E-state index in [4.69, 9.17) is 0 Å². The summed E-state index contributed by atoms with van der Waals surface area (Å²) >= 11 is 0. The summed E-state index contributed by atoms with van der Waals surface area (Å²) in [6, 6.07) is 13.1. The lowest BCUT2D eigenvalue weighted by Crippen LogP contribution is -2.43. The fraction of sp³-hybridized carbons (Fsp3) is 0.556. The topological polar surface area (TPSA) is 77.8 Å². The van der Waals surface area contributed by atoms with Crippen molar-refractivity contribution in [1.82, 2.24) is 0 Å². The lowest BCUT2D eigenvalue weighted by molar-refractivity contribution is 0.0127. The van der Waals surface area contributed by atoms with Gasteiger partial charge in [0.05, 0.1) is 23.4 Å². The largest absolute Gasteiger partial charge is 0.392 e. The van der Waals surface area contributed by atoms with E-state index in [2.05, 4.69) is 13.8 Å². The Morgan fingerprint density at radius 2 is 1.61 bits per heavy atom. The highest BCUT2D eigenvalue weighted by molar-refractivity contribution is 7.91. The molecule has 6 heteroatoms. The predicted molar refractivity (Wildman–Crippen MR) is 135 cm³/mol. The Kier molecular flexibility index (Phi) is 8.25. The number of unbranched alkanes of at least 4 members (excludes halogenated alkanes) is 2. The molecule has 0 saturated heterocycles. The second-order valence-corrected chi connectivity index (χ2v) is 11.7. The van der Waals surface area contributed by atoms with Crippen molar-refractivity contribution < 1.29 is 18.6 Å². The fourth-order valence-electron chi connectivity index (χ4n) is 5.22. The lowest BCUT2D eigenvalue weighted by Gasteiger charge is -2.40. The van der Waals surface area contributed by atoms with Crippen LogP contribution in [0.15, 0.2) is 47.4 Å². The number of aliphatic hydroxyl groups excluding tert-OH is 2. The normalized spacial score (nSPS) is 21.3. The summed E-state index contributed by atoms with van der Waals surface area (Å²) in [4.78, 5) is 2.29. The zero-order valence-corrected chi connectivity index (χ0v) is 21.2. The van der Waals surface area contributed by atoms with Gasteiger partial charge in [0, 0.05) is 31.1 Å². The van der Waals surface area contributed by atoms with E-state index in [0.29, 0.717) is 23.3 Å². The van der Waals surface area contributed by atoms with Crippen molar-refractivity contribution in [3.8, 4) is 0 Å². The minimum absolute atomic E-state index is 0.0271. The van der Waals surface area contributed by atoms with Crippen LogP contribution in [-0.2, 0) is 16.4 Å². The molecule has 3 rings (SSSR count). The Bertz CT molecular complexity index is 1020. The highest BCUT2D eigenvalue weighted by atomic mass is 32.2. The first kappa shape index (κ1) is 25.7. The number of rotatable bonds is 9. The van der Waals surface area contributed by atoms with E-state index in [1.807, 2.05) is 55.4 Å². The SMILES string of the molecule is CCCCC1(CCCC)CS(=O)(=O)c2ccc(N(C)C)cc2C(c2ccc(CO)cc2)C1O. The van der Waals surface area contributed by atoms with E-state index < -0.39 is 27.3 Å². The number of fused-ring (bicyclic) bond motifs is 1. The molecule has 2 atom stereocenters. The molecule has 0 aliphatic carbocycles. The van der Waals surface area contributed by atoms with Crippen molar-refractivity contribution in [1.29, 1.82) is 0 Å². The van der Waals surface area contributed by atoms with E-state index in [-0.39, 0.29) is 12.4 Å². The summed E-state index contributed by atoms with van der Waals surface area (Å²) in [5.74, 6) is -0.487. The van der Waals surface area contributed by atoms with Gasteiger partial charge in [0.2, 0.25) is 0 Å². The molecule has 33 heavy (non-hydrogen) atoms. The molecule has 0 amide bonds. The first-order valence-corrected chi connectivity index (χ1v) is 13.8. The third-order valence-corrected chi connectivity index (χ3v) is 9.18. The van der Waals surface area contributed by atoms with Gasteiger partial charge in [0.15, 0.2) is 9.84 Å². The van der Waals surface area contributed by atoms with Gasteiger partial charge in [0.1, 0.15) is 0 Å². The maximum Gasteiger partial charge on any atom is 0.179 e. The maximum absolute atomic E-state index is 13.8. The molecule has 2 unspecified atom stereocenters. The van der Waals surface area contributed by atoms with Crippen LogP contribution in [-0.4, -0.2) is 44.6 Å². The average molecular weight is 474 g/mol. The molecule has 2 aromatic rings. The van der Waals surface area contributed by atoms with Gasteiger partial charge in [-0.2, -0.15) is 0 Å². The van der Waals surface area contributed by atoms with E-state index >= 15 is 0 Å². The minimum Gasteiger partial charge on any atom is -0.392 e. The van der Waals surface area contributed by atoms with Crippen molar-refractivity contribution in [2.24, 2.45) is 5.41 Å². The Morgan fingerprint density at radius 1 is 1.00 bits per heavy atom. The van der Waals surface area contributed by atoms with Crippen LogP contribution in [0.1, 0.15) is 75.0 Å². The number of hydrogen-bond donors (Lipinski definition) is 2. The van der Waals surface area contributed by atoms with Crippen molar-refractivity contribution in [3.63, 3.8) is 0 Å². The molecule has 1 heterocycles. The monoisotopic (exact) mass is 473 g/mol. The highest BCUT2D eigenvalue weighted by Crippen LogP contribution is 2.50. The predicted octanol–water partition coefficient (Wildman–Crippen LogP) is 4.89. The summed E-state index contributed by atoms with van der Waals surface area (Å²) < 4.78 is 27.6. The molecule has 0 aromatic heterocycles. The van der Waals surface area contributed by atoms with Gasteiger partial charge < -0.3 is 15.1 Å². The summed E-state index contributed by atoms with van der Waals surface area (Å²) in [7, 11) is 0.269. The Hall–Kier alpha value is -1.89. The molecule has 0 spiro atoms. The fourth-order valence-corrected chi connectivity index (χ4v) is 7.41. The maximum atomic E-state index is 13.8. The van der Waals surface area contributed by atoms with Crippen LogP contribution in [0.4, 0.5) is 5.69 Å². The number of aliphatic hydroxyl groups is 2. The molecule has 0 fully saturated rings. The van der Waals surface area contributed by atoms with Gasteiger partial charge in [-0.1, -0.05) is 63.8 Å². The van der Waals surface area contributed by atoms with Gasteiger partial charge in [-0.05, 0) is 47.7 Å². The van der Waals surface area contributed by atoms with E-state index in [9.17, 15) is 18.6 Å². The van der Waals surface area contributed by atoms with Crippen LogP contribution in [0.5, 0.6) is 0 Å². The Labute approximate surface area is 199 Å².